The number of aromatic nitrogens is 1. The lowest BCUT2D eigenvalue weighted by Gasteiger charge is -2.34. The van der Waals surface area contributed by atoms with Gasteiger partial charge in [-0.2, -0.15) is 10.5 Å². The molecule has 0 saturated carbocycles. The number of halogens is 1. The molecular weight excluding hydrogens is 585 g/mol. The molecule has 1 saturated heterocycles. The number of carbonyl (C=O) groups is 1. The zero-order chi connectivity index (χ0) is 32.6. The maximum atomic E-state index is 14.8. The van der Waals surface area contributed by atoms with Crippen LogP contribution in [0.5, 0.6) is 5.75 Å². The number of carbonyl (C=O) groups excluding carboxylic acids is 1. The van der Waals surface area contributed by atoms with Crippen LogP contribution in [0, 0.1) is 35.1 Å². The third-order valence-electron chi connectivity index (χ3n) is 7.86. The van der Waals surface area contributed by atoms with Crippen molar-refractivity contribution in [1.82, 2.24) is 15.8 Å². The quantitative estimate of drug-likeness (QED) is 0.0839. The molecule has 1 fully saturated rings. The van der Waals surface area contributed by atoms with Gasteiger partial charge >= 0.3 is 0 Å². The maximum Gasteiger partial charge on any atom is 0.267 e. The number of hydroxylamine groups is 1. The fourth-order valence-corrected chi connectivity index (χ4v) is 5.43. The summed E-state index contributed by atoms with van der Waals surface area (Å²) in [7, 11) is 0. The number of nitriles is 2. The summed E-state index contributed by atoms with van der Waals surface area (Å²) in [5.74, 6) is -1.07. The van der Waals surface area contributed by atoms with Crippen molar-refractivity contribution in [2.45, 2.75) is 25.4 Å². The fourth-order valence-electron chi connectivity index (χ4n) is 5.43. The molecule has 1 amide bonds. The number of phenols is 1. The number of nitrogens with zero attached hydrogens (tertiary/aromatic N) is 5. The van der Waals surface area contributed by atoms with Gasteiger partial charge in [0.05, 0.1) is 12.1 Å². The Morgan fingerprint density at radius 2 is 1.83 bits per heavy atom. The Morgan fingerprint density at radius 3 is 2.46 bits per heavy atom. The highest BCUT2D eigenvalue weighted by Gasteiger charge is 2.26. The lowest BCUT2D eigenvalue weighted by molar-refractivity contribution is -0.124. The van der Waals surface area contributed by atoms with E-state index in [-0.39, 0.29) is 28.6 Å². The summed E-state index contributed by atoms with van der Waals surface area (Å²) in [6.45, 7) is 9.13. The van der Waals surface area contributed by atoms with E-state index in [1.807, 2.05) is 35.2 Å². The third kappa shape index (κ3) is 6.85. The summed E-state index contributed by atoms with van der Waals surface area (Å²) in [5.41, 5.74) is 5.44. The predicted octanol–water partition coefficient (Wildman–Crippen LogP) is 5.83. The number of anilines is 1. The van der Waals surface area contributed by atoms with E-state index < -0.39 is 11.7 Å². The zero-order valence-electron chi connectivity index (χ0n) is 24.5. The number of phenolic OH excluding ortho intramolecular Hbond substituents is 1. The molecule has 0 atom stereocenters. The van der Waals surface area contributed by atoms with Gasteiger partial charge in [-0.25, -0.2) is 19.7 Å². The first-order valence-electron chi connectivity index (χ1n) is 14.4. The van der Waals surface area contributed by atoms with E-state index in [2.05, 4.69) is 21.2 Å². The van der Waals surface area contributed by atoms with E-state index in [0.29, 0.717) is 47.7 Å². The number of amides is 1. The molecule has 4 N–H and O–H groups in total. The number of nitrogens with one attached hydrogen (secondary N) is 2. The van der Waals surface area contributed by atoms with Gasteiger partial charge in [0.15, 0.2) is 0 Å². The minimum atomic E-state index is -0.716. The normalized spacial score (nSPS) is 13.2. The van der Waals surface area contributed by atoms with E-state index in [0.717, 1.165) is 24.0 Å². The molecule has 10 nitrogen and oxygen atoms in total. The van der Waals surface area contributed by atoms with E-state index in [9.17, 15) is 24.8 Å². The van der Waals surface area contributed by atoms with Gasteiger partial charge in [0, 0.05) is 49.1 Å². The van der Waals surface area contributed by atoms with Crippen molar-refractivity contribution in [3.8, 4) is 40.1 Å². The van der Waals surface area contributed by atoms with E-state index in [4.69, 9.17) is 11.8 Å². The average molecular weight is 614 g/mol. The first kappa shape index (κ1) is 31.4. The van der Waals surface area contributed by atoms with Crippen molar-refractivity contribution in [3.63, 3.8) is 0 Å². The minimum absolute atomic E-state index is 0.0788. The fraction of sp³-hybridized carbons (Fsp3) is 0.171. The van der Waals surface area contributed by atoms with Crippen molar-refractivity contribution in [3.05, 3.63) is 112 Å². The second-order valence-electron chi connectivity index (χ2n) is 10.7. The first-order valence-corrected chi connectivity index (χ1v) is 14.4. The van der Waals surface area contributed by atoms with Crippen LogP contribution in [-0.4, -0.2) is 40.3 Å². The third-order valence-corrected chi connectivity index (χ3v) is 7.86. The second kappa shape index (κ2) is 14.1. The Kier molecular flexibility index (Phi) is 9.65. The summed E-state index contributed by atoms with van der Waals surface area (Å²) >= 11 is 0. The number of hydrogen-bond acceptors (Lipinski definition) is 8. The molecule has 0 bridgehead atoms. The zero-order valence-corrected chi connectivity index (χ0v) is 24.5. The molecule has 3 aromatic carbocycles. The monoisotopic (exact) mass is 613 g/mol. The van der Waals surface area contributed by atoms with Crippen LogP contribution in [0.3, 0.4) is 0 Å². The van der Waals surface area contributed by atoms with Gasteiger partial charge in [-0.3, -0.25) is 10.0 Å². The molecule has 0 radical (unpaired) electrons. The van der Waals surface area contributed by atoms with E-state index in [1.165, 1.54) is 30.3 Å². The van der Waals surface area contributed by atoms with Crippen LogP contribution in [-0.2, 0) is 11.3 Å². The minimum Gasteiger partial charge on any atom is -0.519 e. The molecule has 1 aromatic heterocycles. The van der Waals surface area contributed by atoms with Crippen molar-refractivity contribution < 1.29 is 19.5 Å². The topological polar surface area (TPSA) is 150 Å². The van der Waals surface area contributed by atoms with Crippen LogP contribution in [0.2, 0.25) is 0 Å². The Hall–Kier alpha value is -6.06. The van der Waals surface area contributed by atoms with Crippen LogP contribution >= 0.6 is 0 Å². The average Bonchev–Trinajstić information content (AvgIpc) is 3.09. The Balaban J connectivity index is 1.37. The van der Waals surface area contributed by atoms with E-state index >= 15 is 0 Å². The summed E-state index contributed by atoms with van der Waals surface area (Å²) in [6.07, 6.45) is 6.02. The number of piperidine rings is 1. The molecule has 0 aliphatic carbocycles. The Morgan fingerprint density at radius 1 is 1.09 bits per heavy atom. The SMILES string of the molecule is [C-]#[N+]c1ccc(-c2cnc(N3CCC(NCc4ccc(/C=C/C(=O)NO)cc4)CC3)c(C#N)c2-c2ccc(C#N)c(F)c2)cc1O. The largest absolute Gasteiger partial charge is 0.519 e. The highest BCUT2D eigenvalue weighted by Crippen LogP contribution is 2.41. The van der Waals surface area contributed by atoms with Crippen LogP contribution in [0.25, 0.3) is 33.2 Å². The number of benzene rings is 3. The first-order chi connectivity index (χ1) is 22.3. The highest BCUT2D eigenvalue weighted by molar-refractivity contribution is 5.91. The number of hydrogen-bond donors (Lipinski definition) is 4. The Labute approximate surface area is 265 Å². The molecule has 11 heteroatoms. The lowest BCUT2D eigenvalue weighted by atomic mass is 9.91. The summed E-state index contributed by atoms with van der Waals surface area (Å²) in [5, 5.41) is 42.2. The van der Waals surface area contributed by atoms with Crippen molar-refractivity contribution in [2.24, 2.45) is 0 Å². The van der Waals surface area contributed by atoms with Gasteiger partial charge in [0.2, 0.25) is 5.69 Å². The molecule has 228 valence electrons. The lowest BCUT2D eigenvalue weighted by Crippen LogP contribution is -2.42. The van der Waals surface area contributed by atoms with Gasteiger partial charge in [-0.1, -0.05) is 42.5 Å². The molecule has 1 aliphatic heterocycles. The van der Waals surface area contributed by atoms with Gasteiger partial charge in [-0.05, 0) is 59.4 Å². The number of aromatic hydroxyl groups is 1. The molecule has 2 heterocycles. The molecular formula is C35H28FN7O3. The van der Waals surface area contributed by atoms with Gasteiger partial charge in [0.25, 0.3) is 5.91 Å². The summed E-state index contributed by atoms with van der Waals surface area (Å²) in [4.78, 5) is 21.2. The standard InChI is InChI=1S/C35H28FN7O3/c1-39-31-10-9-24(17-32(31)44)29-21-41-35(28(19-38)34(29)25-7-8-26(18-37)30(36)16-25)43-14-12-27(13-15-43)40-20-23-4-2-22(3-5-23)6-11-33(45)42-46/h2-11,16-17,21,27,40,44,46H,12-15,20H2,(H,42,45)/b11-6+. The van der Waals surface area contributed by atoms with Gasteiger partial charge < -0.3 is 15.3 Å². The van der Waals surface area contributed by atoms with Crippen LogP contribution in [0.1, 0.15) is 35.1 Å². The van der Waals surface area contributed by atoms with Crippen molar-refractivity contribution >= 4 is 23.5 Å². The molecule has 5 rings (SSSR count). The molecule has 46 heavy (non-hydrogen) atoms. The van der Waals surface area contributed by atoms with Crippen LogP contribution < -0.4 is 15.7 Å². The van der Waals surface area contributed by atoms with E-state index in [1.54, 1.807) is 29.9 Å². The highest BCUT2D eigenvalue weighted by atomic mass is 19.1. The van der Waals surface area contributed by atoms with Crippen LogP contribution in [0.15, 0.2) is 72.9 Å². The van der Waals surface area contributed by atoms with Crippen molar-refractivity contribution in [1.29, 1.82) is 10.5 Å². The molecule has 1 aliphatic rings. The Bertz CT molecular complexity index is 1930. The van der Waals surface area contributed by atoms with Crippen molar-refractivity contribution in [2.75, 3.05) is 18.0 Å². The van der Waals surface area contributed by atoms with Gasteiger partial charge in [-0.15, -0.1) is 0 Å². The molecule has 0 spiro atoms. The van der Waals surface area contributed by atoms with Crippen LogP contribution in [0.4, 0.5) is 15.9 Å². The summed E-state index contributed by atoms with van der Waals surface area (Å²) < 4.78 is 14.8. The summed E-state index contributed by atoms with van der Waals surface area (Å²) in [6, 6.07) is 20.7. The maximum absolute atomic E-state index is 14.8. The second-order valence-corrected chi connectivity index (χ2v) is 10.7. The predicted molar refractivity (Wildman–Crippen MR) is 170 cm³/mol. The number of pyridine rings is 1. The molecule has 4 aromatic rings. The van der Waals surface area contributed by atoms with Gasteiger partial charge in [0.1, 0.15) is 35.1 Å². The number of rotatable bonds is 8. The smallest absolute Gasteiger partial charge is 0.267 e. The molecule has 0 unspecified atom stereocenters.